The highest BCUT2D eigenvalue weighted by Gasteiger charge is 2.41. The van der Waals surface area contributed by atoms with Crippen LogP contribution in [-0.4, -0.2) is 51.3 Å². The summed E-state index contributed by atoms with van der Waals surface area (Å²) in [6.45, 7) is 5.54. The molecule has 2 aromatic rings. The highest BCUT2D eigenvalue weighted by molar-refractivity contribution is 5.93. The lowest BCUT2D eigenvalue weighted by atomic mass is 10.1. The monoisotopic (exact) mass is 357 g/mol. The van der Waals surface area contributed by atoms with Gasteiger partial charge in [0.15, 0.2) is 0 Å². The van der Waals surface area contributed by atoms with Crippen molar-refractivity contribution in [3.8, 4) is 0 Å². The van der Waals surface area contributed by atoms with Crippen molar-refractivity contribution in [3.05, 3.63) is 36.7 Å². The van der Waals surface area contributed by atoms with Crippen LogP contribution in [0.5, 0.6) is 0 Å². The van der Waals surface area contributed by atoms with Crippen molar-refractivity contribution in [2.24, 2.45) is 0 Å². The molecule has 2 atom stereocenters. The number of hydrogen-bond donors (Lipinski definition) is 2. The van der Waals surface area contributed by atoms with E-state index in [0.717, 1.165) is 16.5 Å². The van der Waals surface area contributed by atoms with Crippen molar-refractivity contribution >= 4 is 28.5 Å². The fourth-order valence-corrected chi connectivity index (χ4v) is 3.16. The highest BCUT2D eigenvalue weighted by Crippen LogP contribution is 2.27. The number of ether oxygens (including phenoxy) is 1. The summed E-state index contributed by atoms with van der Waals surface area (Å²) in [6.07, 6.45) is 3.21. The summed E-state index contributed by atoms with van der Waals surface area (Å²) < 4.78 is 5.36. The maximum atomic E-state index is 12.4. The van der Waals surface area contributed by atoms with E-state index in [9.17, 15) is 14.7 Å². The molecular weight excluding hydrogens is 334 g/mol. The Labute approximate surface area is 152 Å². The number of aliphatic carboxylic acids is 1. The Kier molecular flexibility index (Phi) is 4.71. The van der Waals surface area contributed by atoms with E-state index < -0.39 is 23.7 Å². The van der Waals surface area contributed by atoms with Crippen molar-refractivity contribution in [2.75, 3.05) is 11.9 Å². The summed E-state index contributed by atoms with van der Waals surface area (Å²) in [5.41, 5.74) is 0.197. The molecule has 0 aliphatic carbocycles. The van der Waals surface area contributed by atoms with Gasteiger partial charge in [0, 0.05) is 42.5 Å². The predicted molar refractivity (Wildman–Crippen MR) is 98.1 cm³/mol. The third-order valence-corrected chi connectivity index (χ3v) is 4.26. The standard InChI is InChI=1S/C19H23N3O4/c1-19(2,3)26-18(25)22-11-13(9-16(22)17(23)24)21-15-6-4-5-12-7-8-20-10-14(12)15/h4-8,10,13,16,21H,9,11H2,1-3H3,(H,23,24)/t13-,16-/m0/s1. The highest BCUT2D eigenvalue weighted by atomic mass is 16.6. The number of rotatable bonds is 3. The third kappa shape index (κ3) is 3.87. The van der Waals surface area contributed by atoms with Crippen LogP contribution in [0.25, 0.3) is 10.8 Å². The van der Waals surface area contributed by atoms with E-state index in [-0.39, 0.29) is 12.6 Å². The fraction of sp³-hybridized carbons (Fsp3) is 0.421. The number of pyridine rings is 1. The predicted octanol–water partition coefficient (Wildman–Crippen LogP) is 3.11. The number of fused-ring (bicyclic) bond motifs is 1. The van der Waals surface area contributed by atoms with Crippen LogP contribution in [0.1, 0.15) is 27.2 Å². The third-order valence-electron chi connectivity index (χ3n) is 4.26. The Morgan fingerprint density at radius 1 is 1.31 bits per heavy atom. The Bertz CT molecular complexity index is 826. The first kappa shape index (κ1) is 18.0. The van der Waals surface area contributed by atoms with Crippen LogP contribution < -0.4 is 5.32 Å². The first-order valence-electron chi connectivity index (χ1n) is 8.56. The number of aromatic nitrogens is 1. The summed E-state index contributed by atoms with van der Waals surface area (Å²) >= 11 is 0. The van der Waals surface area contributed by atoms with Gasteiger partial charge in [-0.1, -0.05) is 12.1 Å². The molecule has 1 amide bonds. The number of amides is 1. The summed E-state index contributed by atoms with van der Waals surface area (Å²) in [6, 6.07) is 6.67. The first-order chi connectivity index (χ1) is 12.2. The van der Waals surface area contributed by atoms with E-state index in [1.165, 1.54) is 4.90 Å². The van der Waals surface area contributed by atoms with Gasteiger partial charge < -0.3 is 15.2 Å². The van der Waals surface area contributed by atoms with E-state index in [4.69, 9.17) is 4.74 Å². The molecule has 1 saturated heterocycles. The van der Waals surface area contributed by atoms with Crippen LogP contribution in [0.3, 0.4) is 0 Å². The van der Waals surface area contributed by atoms with Crippen LogP contribution in [0.2, 0.25) is 0 Å². The second-order valence-electron chi connectivity index (χ2n) is 7.47. The Morgan fingerprint density at radius 3 is 2.77 bits per heavy atom. The normalized spacial score (nSPS) is 20.2. The smallest absolute Gasteiger partial charge is 0.411 e. The van der Waals surface area contributed by atoms with Gasteiger partial charge >= 0.3 is 12.1 Å². The van der Waals surface area contributed by atoms with Crippen molar-refractivity contribution in [1.29, 1.82) is 0 Å². The summed E-state index contributed by atoms with van der Waals surface area (Å²) in [5.74, 6) is -1.03. The van der Waals surface area contributed by atoms with Crippen LogP contribution >= 0.6 is 0 Å². The molecule has 1 aliphatic rings. The molecule has 1 aliphatic heterocycles. The molecule has 138 valence electrons. The first-order valence-corrected chi connectivity index (χ1v) is 8.56. The van der Waals surface area contributed by atoms with Gasteiger partial charge in [0.2, 0.25) is 0 Å². The van der Waals surface area contributed by atoms with E-state index in [1.807, 2.05) is 24.3 Å². The van der Waals surface area contributed by atoms with Crippen LogP contribution in [0.15, 0.2) is 36.7 Å². The summed E-state index contributed by atoms with van der Waals surface area (Å²) in [4.78, 5) is 29.4. The SMILES string of the molecule is CC(C)(C)OC(=O)N1C[C@@H](Nc2cccc3ccncc23)C[C@H]1C(=O)O. The summed E-state index contributed by atoms with van der Waals surface area (Å²) in [7, 11) is 0. The number of carboxylic acid groups (broad SMARTS) is 1. The average Bonchev–Trinajstić information content (AvgIpc) is 2.98. The minimum Gasteiger partial charge on any atom is -0.480 e. The maximum absolute atomic E-state index is 12.4. The van der Waals surface area contributed by atoms with E-state index in [1.54, 1.807) is 33.2 Å². The van der Waals surface area contributed by atoms with Crippen LogP contribution in [0.4, 0.5) is 10.5 Å². The molecule has 0 radical (unpaired) electrons. The van der Waals surface area contributed by atoms with Gasteiger partial charge in [-0.2, -0.15) is 0 Å². The number of hydrogen-bond acceptors (Lipinski definition) is 5. The van der Waals surface area contributed by atoms with Gasteiger partial charge in [-0.25, -0.2) is 9.59 Å². The van der Waals surface area contributed by atoms with Crippen LogP contribution in [0, 0.1) is 0 Å². The Hall–Kier alpha value is -2.83. The number of nitrogens with zero attached hydrogens (tertiary/aromatic N) is 2. The van der Waals surface area contributed by atoms with Crippen LogP contribution in [-0.2, 0) is 9.53 Å². The van der Waals surface area contributed by atoms with Gasteiger partial charge in [-0.15, -0.1) is 0 Å². The number of carbonyl (C=O) groups excluding carboxylic acids is 1. The van der Waals surface area contributed by atoms with Crippen molar-refractivity contribution in [3.63, 3.8) is 0 Å². The lowest BCUT2D eigenvalue weighted by molar-refractivity contribution is -0.142. The molecule has 0 spiro atoms. The second-order valence-corrected chi connectivity index (χ2v) is 7.47. The lowest BCUT2D eigenvalue weighted by Gasteiger charge is -2.26. The molecule has 0 bridgehead atoms. The molecule has 1 fully saturated rings. The molecule has 3 rings (SSSR count). The number of anilines is 1. The molecular formula is C19H23N3O4. The topological polar surface area (TPSA) is 91.8 Å². The molecule has 7 heteroatoms. The van der Waals surface area contributed by atoms with Crippen molar-refractivity contribution in [2.45, 2.75) is 44.9 Å². The van der Waals surface area contributed by atoms with Gasteiger partial charge in [0.05, 0.1) is 0 Å². The molecule has 2 N–H and O–H groups in total. The molecule has 0 saturated carbocycles. The van der Waals surface area contributed by atoms with Crippen molar-refractivity contribution < 1.29 is 19.4 Å². The van der Waals surface area contributed by atoms with Crippen molar-refractivity contribution in [1.82, 2.24) is 9.88 Å². The molecule has 1 aromatic heterocycles. The zero-order chi connectivity index (χ0) is 18.9. The number of benzene rings is 1. The number of likely N-dealkylation sites (tertiary alicyclic amines) is 1. The Morgan fingerprint density at radius 2 is 2.08 bits per heavy atom. The minimum absolute atomic E-state index is 0.186. The second kappa shape index (κ2) is 6.82. The van der Waals surface area contributed by atoms with E-state index in [2.05, 4.69) is 10.3 Å². The zero-order valence-electron chi connectivity index (χ0n) is 15.1. The van der Waals surface area contributed by atoms with Gasteiger partial charge in [-0.05, 0) is 38.3 Å². The molecule has 26 heavy (non-hydrogen) atoms. The Balaban J connectivity index is 1.79. The number of carbonyl (C=O) groups is 2. The molecule has 2 heterocycles. The lowest BCUT2D eigenvalue weighted by Crippen LogP contribution is -2.43. The van der Waals surface area contributed by atoms with Gasteiger partial charge in [0.1, 0.15) is 11.6 Å². The average molecular weight is 357 g/mol. The van der Waals surface area contributed by atoms with Gasteiger partial charge in [-0.3, -0.25) is 9.88 Å². The van der Waals surface area contributed by atoms with E-state index in [0.29, 0.717) is 6.42 Å². The molecule has 1 aromatic carbocycles. The zero-order valence-corrected chi connectivity index (χ0v) is 15.1. The largest absolute Gasteiger partial charge is 0.480 e. The van der Waals surface area contributed by atoms with E-state index >= 15 is 0 Å². The number of nitrogens with one attached hydrogen (secondary N) is 1. The maximum Gasteiger partial charge on any atom is 0.411 e. The minimum atomic E-state index is -1.03. The van der Waals surface area contributed by atoms with Gasteiger partial charge in [0.25, 0.3) is 0 Å². The molecule has 7 nitrogen and oxygen atoms in total. The quantitative estimate of drug-likeness (QED) is 0.877. The fourth-order valence-electron chi connectivity index (χ4n) is 3.16. The number of carboxylic acids is 1. The summed E-state index contributed by atoms with van der Waals surface area (Å²) in [5, 5.41) is 14.9. The molecule has 0 unspecified atom stereocenters.